The highest BCUT2D eigenvalue weighted by molar-refractivity contribution is 5.86. The van der Waals surface area contributed by atoms with Crippen molar-refractivity contribution in [1.29, 1.82) is 0 Å². The van der Waals surface area contributed by atoms with Gasteiger partial charge in [0.05, 0.1) is 0 Å². The normalized spacial score (nSPS) is 12.2. The molecule has 0 aliphatic rings. The van der Waals surface area contributed by atoms with Gasteiger partial charge in [0, 0.05) is 5.57 Å². The molecule has 2 heteroatoms. The van der Waals surface area contributed by atoms with Crippen LogP contribution in [0.25, 0.3) is 0 Å². The third-order valence-electron chi connectivity index (χ3n) is 1.29. The number of aliphatic carboxylic acids is 1. The maximum absolute atomic E-state index is 10.5. The summed E-state index contributed by atoms with van der Waals surface area (Å²) < 4.78 is 0. The topological polar surface area (TPSA) is 37.3 Å². The molecule has 10 heavy (non-hydrogen) atoms. The number of rotatable bonds is 3. The molecule has 0 amide bonds. The Morgan fingerprint density at radius 1 is 1.60 bits per heavy atom. The second kappa shape index (κ2) is 4.09. The molecular weight excluding hydrogens is 128 g/mol. The summed E-state index contributed by atoms with van der Waals surface area (Å²) in [6.07, 6.45) is 2.55. The molecule has 0 aliphatic carbocycles. The van der Waals surface area contributed by atoms with Crippen molar-refractivity contribution in [1.82, 2.24) is 0 Å². The zero-order chi connectivity index (χ0) is 8.15. The van der Waals surface area contributed by atoms with E-state index in [1.54, 1.807) is 6.08 Å². The Kier molecular flexibility index (Phi) is 3.77. The van der Waals surface area contributed by atoms with Crippen molar-refractivity contribution in [3.8, 4) is 0 Å². The van der Waals surface area contributed by atoms with Crippen LogP contribution in [0, 0.1) is 5.92 Å². The third kappa shape index (κ3) is 2.67. The van der Waals surface area contributed by atoms with E-state index in [9.17, 15) is 4.79 Å². The zero-order valence-corrected chi connectivity index (χ0v) is 6.72. The summed E-state index contributed by atoms with van der Waals surface area (Å²) in [7, 11) is 0. The van der Waals surface area contributed by atoms with E-state index < -0.39 is 5.97 Å². The average Bonchev–Trinajstić information content (AvgIpc) is 1.81. The Hall–Kier alpha value is -0.790. The molecule has 0 spiro atoms. The quantitative estimate of drug-likeness (QED) is 0.612. The Morgan fingerprint density at radius 2 is 2.10 bits per heavy atom. The zero-order valence-electron chi connectivity index (χ0n) is 6.72. The minimum Gasteiger partial charge on any atom is -0.478 e. The molecule has 0 rings (SSSR count). The van der Waals surface area contributed by atoms with Crippen LogP contribution in [0.5, 0.6) is 0 Å². The van der Waals surface area contributed by atoms with Crippen molar-refractivity contribution in [3.05, 3.63) is 11.6 Å². The van der Waals surface area contributed by atoms with Crippen molar-refractivity contribution in [2.45, 2.75) is 27.2 Å². The minimum atomic E-state index is -0.795. The van der Waals surface area contributed by atoms with Gasteiger partial charge < -0.3 is 5.11 Å². The first kappa shape index (κ1) is 9.21. The Morgan fingerprint density at radius 3 is 2.20 bits per heavy atom. The van der Waals surface area contributed by atoms with Gasteiger partial charge in [0.15, 0.2) is 0 Å². The van der Waals surface area contributed by atoms with E-state index in [2.05, 4.69) is 0 Å². The molecule has 1 N–H and O–H groups in total. The molecule has 0 aromatic carbocycles. The van der Waals surface area contributed by atoms with Crippen molar-refractivity contribution in [2.75, 3.05) is 0 Å². The molecule has 0 saturated carbocycles. The second-order valence-corrected chi connectivity index (χ2v) is 2.53. The standard InChI is InChI=1S/C8H14O2/c1-4-5-7(6(2)3)8(9)10/h5-6H,4H2,1-3H3,(H,9,10)/b7-5-. The first-order valence-electron chi connectivity index (χ1n) is 3.53. The maximum Gasteiger partial charge on any atom is 0.331 e. The lowest BCUT2D eigenvalue weighted by Gasteiger charge is -2.03. The molecule has 2 nitrogen and oxygen atoms in total. The largest absolute Gasteiger partial charge is 0.478 e. The van der Waals surface area contributed by atoms with Crippen LogP contribution in [-0.4, -0.2) is 11.1 Å². The van der Waals surface area contributed by atoms with Crippen LogP contribution in [0.1, 0.15) is 27.2 Å². The van der Waals surface area contributed by atoms with Crippen LogP contribution in [0.2, 0.25) is 0 Å². The molecule has 58 valence electrons. The molecule has 0 heterocycles. The first-order valence-corrected chi connectivity index (χ1v) is 3.53. The predicted octanol–water partition coefficient (Wildman–Crippen LogP) is 2.06. The van der Waals surface area contributed by atoms with Crippen molar-refractivity contribution in [2.24, 2.45) is 5.92 Å². The van der Waals surface area contributed by atoms with Crippen molar-refractivity contribution >= 4 is 5.97 Å². The summed E-state index contributed by atoms with van der Waals surface area (Å²) in [5.74, 6) is -0.672. The van der Waals surface area contributed by atoms with Gasteiger partial charge >= 0.3 is 5.97 Å². The molecule has 0 atom stereocenters. The van der Waals surface area contributed by atoms with Gasteiger partial charge in [0.25, 0.3) is 0 Å². The molecule has 0 aliphatic heterocycles. The second-order valence-electron chi connectivity index (χ2n) is 2.53. The highest BCUT2D eigenvalue weighted by atomic mass is 16.4. The molecule has 0 saturated heterocycles. The van der Waals surface area contributed by atoms with E-state index >= 15 is 0 Å². The summed E-state index contributed by atoms with van der Waals surface area (Å²) in [5, 5.41) is 8.61. The van der Waals surface area contributed by atoms with Gasteiger partial charge in [-0.05, 0) is 12.3 Å². The summed E-state index contributed by atoms with van der Waals surface area (Å²) in [4.78, 5) is 10.5. The molecule has 0 fully saturated rings. The molecular formula is C8H14O2. The summed E-state index contributed by atoms with van der Waals surface area (Å²) >= 11 is 0. The Balaban J connectivity index is 4.27. The van der Waals surface area contributed by atoms with E-state index in [1.807, 2.05) is 20.8 Å². The number of carboxylic acids is 1. The number of allylic oxidation sites excluding steroid dienone is 1. The number of hydrogen-bond acceptors (Lipinski definition) is 1. The summed E-state index contributed by atoms with van der Waals surface area (Å²) in [6.45, 7) is 5.70. The van der Waals surface area contributed by atoms with Crippen LogP contribution in [-0.2, 0) is 4.79 Å². The maximum atomic E-state index is 10.5. The number of carbonyl (C=O) groups is 1. The number of hydrogen-bond donors (Lipinski definition) is 1. The summed E-state index contributed by atoms with van der Waals surface area (Å²) in [5.41, 5.74) is 0.516. The van der Waals surface area contributed by atoms with Crippen LogP contribution in [0.15, 0.2) is 11.6 Å². The molecule has 0 aromatic rings. The average molecular weight is 142 g/mol. The first-order chi connectivity index (χ1) is 4.59. The van der Waals surface area contributed by atoms with Gasteiger partial charge in [-0.25, -0.2) is 4.79 Å². The van der Waals surface area contributed by atoms with E-state index in [-0.39, 0.29) is 5.92 Å². The van der Waals surface area contributed by atoms with Gasteiger partial charge in [-0.1, -0.05) is 26.8 Å². The third-order valence-corrected chi connectivity index (χ3v) is 1.29. The fraction of sp³-hybridized carbons (Fsp3) is 0.625. The van der Waals surface area contributed by atoms with Crippen LogP contribution in [0.3, 0.4) is 0 Å². The van der Waals surface area contributed by atoms with E-state index in [0.29, 0.717) is 5.57 Å². The van der Waals surface area contributed by atoms with E-state index in [0.717, 1.165) is 6.42 Å². The lowest BCUT2D eigenvalue weighted by Crippen LogP contribution is -2.06. The van der Waals surface area contributed by atoms with Crippen molar-refractivity contribution < 1.29 is 9.90 Å². The van der Waals surface area contributed by atoms with Crippen molar-refractivity contribution in [3.63, 3.8) is 0 Å². The molecule has 0 radical (unpaired) electrons. The molecule has 0 unspecified atom stereocenters. The molecule has 0 aromatic heterocycles. The fourth-order valence-corrected chi connectivity index (χ4v) is 0.790. The number of carboxylic acid groups (broad SMARTS) is 1. The van der Waals surface area contributed by atoms with Crippen LogP contribution in [0.4, 0.5) is 0 Å². The minimum absolute atomic E-state index is 0.123. The highest BCUT2D eigenvalue weighted by Gasteiger charge is 2.09. The van der Waals surface area contributed by atoms with Gasteiger partial charge in [-0.15, -0.1) is 0 Å². The van der Waals surface area contributed by atoms with Gasteiger partial charge in [-0.2, -0.15) is 0 Å². The smallest absolute Gasteiger partial charge is 0.331 e. The van der Waals surface area contributed by atoms with Gasteiger partial charge in [0.2, 0.25) is 0 Å². The highest BCUT2D eigenvalue weighted by Crippen LogP contribution is 2.09. The summed E-state index contributed by atoms with van der Waals surface area (Å²) in [6, 6.07) is 0. The lowest BCUT2D eigenvalue weighted by atomic mass is 10.0. The van der Waals surface area contributed by atoms with E-state index in [1.165, 1.54) is 0 Å². The monoisotopic (exact) mass is 142 g/mol. The van der Waals surface area contributed by atoms with Gasteiger partial charge in [0.1, 0.15) is 0 Å². The van der Waals surface area contributed by atoms with Crippen LogP contribution >= 0.6 is 0 Å². The fourth-order valence-electron chi connectivity index (χ4n) is 0.790. The Labute approximate surface area is 61.6 Å². The Bertz CT molecular complexity index is 145. The van der Waals surface area contributed by atoms with E-state index in [4.69, 9.17) is 5.11 Å². The van der Waals surface area contributed by atoms with Crippen LogP contribution < -0.4 is 0 Å². The van der Waals surface area contributed by atoms with Gasteiger partial charge in [-0.3, -0.25) is 0 Å². The lowest BCUT2D eigenvalue weighted by molar-refractivity contribution is -0.133. The molecule has 0 bridgehead atoms. The SMILES string of the molecule is CC/C=C(\C(=O)O)C(C)C. The predicted molar refractivity (Wildman–Crippen MR) is 40.8 cm³/mol.